The Morgan fingerprint density at radius 2 is 2.15 bits per heavy atom. The highest BCUT2D eigenvalue weighted by atomic mass is 32.1. The minimum atomic E-state index is -0.0152. The van der Waals surface area contributed by atoms with Crippen molar-refractivity contribution in [3.8, 4) is 0 Å². The maximum Gasteiger partial charge on any atom is 0.226 e. The van der Waals surface area contributed by atoms with E-state index in [-0.39, 0.29) is 5.91 Å². The van der Waals surface area contributed by atoms with Gasteiger partial charge in [0.25, 0.3) is 0 Å². The Bertz CT molecular complexity index is 715. The molecule has 102 valence electrons. The van der Waals surface area contributed by atoms with Gasteiger partial charge < -0.3 is 5.32 Å². The van der Waals surface area contributed by atoms with E-state index in [2.05, 4.69) is 21.4 Å². The zero-order chi connectivity index (χ0) is 13.9. The van der Waals surface area contributed by atoms with Gasteiger partial charge in [-0.2, -0.15) is 0 Å². The predicted octanol–water partition coefficient (Wildman–Crippen LogP) is 3.63. The Balaban J connectivity index is 1.59. The maximum absolute atomic E-state index is 11.8. The van der Waals surface area contributed by atoms with Crippen LogP contribution >= 0.6 is 22.7 Å². The molecule has 6 heteroatoms. The SMILES string of the molecule is Cc1cnc(NC(=O)CCc2nc3ccccc3s2)s1. The first-order chi connectivity index (χ1) is 9.70. The number of thiazole rings is 2. The van der Waals surface area contributed by atoms with Crippen LogP contribution < -0.4 is 5.32 Å². The van der Waals surface area contributed by atoms with Crippen molar-refractivity contribution in [1.82, 2.24) is 9.97 Å². The van der Waals surface area contributed by atoms with Gasteiger partial charge in [-0.3, -0.25) is 4.79 Å². The molecule has 1 aromatic carbocycles. The second-order valence-corrected chi connectivity index (χ2v) is 6.75. The van der Waals surface area contributed by atoms with Gasteiger partial charge in [-0.1, -0.05) is 12.1 Å². The largest absolute Gasteiger partial charge is 0.302 e. The summed E-state index contributed by atoms with van der Waals surface area (Å²) < 4.78 is 1.17. The lowest BCUT2D eigenvalue weighted by atomic mass is 10.3. The van der Waals surface area contributed by atoms with Gasteiger partial charge in [0.2, 0.25) is 5.91 Å². The van der Waals surface area contributed by atoms with Crippen molar-refractivity contribution >= 4 is 43.9 Å². The number of carbonyl (C=O) groups is 1. The Labute approximate surface area is 124 Å². The lowest BCUT2D eigenvalue weighted by Gasteiger charge is -1.99. The van der Waals surface area contributed by atoms with Crippen LogP contribution in [0.2, 0.25) is 0 Å². The van der Waals surface area contributed by atoms with Crippen molar-refractivity contribution < 1.29 is 4.79 Å². The molecule has 0 aliphatic carbocycles. The molecule has 1 N–H and O–H groups in total. The van der Waals surface area contributed by atoms with E-state index in [1.165, 1.54) is 16.0 Å². The molecule has 1 amide bonds. The van der Waals surface area contributed by atoms with E-state index < -0.39 is 0 Å². The molecule has 3 rings (SSSR count). The highest BCUT2D eigenvalue weighted by molar-refractivity contribution is 7.18. The fourth-order valence-electron chi connectivity index (χ4n) is 1.84. The number of nitrogens with zero attached hydrogens (tertiary/aromatic N) is 2. The first-order valence-corrected chi connectivity index (χ1v) is 7.91. The molecule has 2 heterocycles. The number of benzene rings is 1. The summed E-state index contributed by atoms with van der Waals surface area (Å²) in [5, 5.41) is 4.47. The molecule has 2 aromatic heterocycles. The van der Waals surface area contributed by atoms with Gasteiger partial charge in [0.15, 0.2) is 5.13 Å². The Kier molecular flexibility index (Phi) is 3.75. The summed E-state index contributed by atoms with van der Waals surface area (Å²) in [7, 11) is 0. The third-order valence-electron chi connectivity index (χ3n) is 2.77. The summed E-state index contributed by atoms with van der Waals surface area (Å²) in [4.78, 5) is 21.6. The van der Waals surface area contributed by atoms with Crippen LogP contribution in [0, 0.1) is 6.92 Å². The van der Waals surface area contributed by atoms with Crippen LogP contribution in [-0.4, -0.2) is 15.9 Å². The third-order valence-corrected chi connectivity index (χ3v) is 4.70. The van der Waals surface area contributed by atoms with Crippen molar-refractivity contribution in [3.05, 3.63) is 40.3 Å². The second kappa shape index (κ2) is 5.68. The number of aromatic nitrogens is 2. The first kappa shape index (κ1) is 13.2. The summed E-state index contributed by atoms with van der Waals surface area (Å²) in [6.45, 7) is 1.97. The summed E-state index contributed by atoms with van der Waals surface area (Å²) in [5.41, 5.74) is 1.00. The van der Waals surface area contributed by atoms with Gasteiger partial charge in [-0.25, -0.2) is 9.97 Å². The average molecular weight is 303 g/mol. The molecule has 3 aromatic rings. The Morgan fingerprint density at radius 3 is 2.90 bits per heavy atom. The van der Waals surface area contributed by atoms with E-state index in [4.69, 9.17) is 0 Å². The predicted molar refractivity (Wildman–Crippen MR) is 83.4 cm³/mol. The minimum absolute atomic E-state index is 0.0152. The number of anilines is 1. The molecule has 0 bridgehead atoms. The Hall–Kier alpha value is -1.79. The molecule has 0 saturated carbocycles. The molecule has 0 saturated heterocycles. The van der Waals surface area contributed by atoms with Crippen LogP contribution in [0.15, 0.2) is 30.5 Å². The number of rotatable bonds is 4. The van der Waals surface area contributed by atoms with Gasteiger partial charge in [0, 0.05) is 23.9 Å². The third kappa shape index (κ3) is 3.02. The van der Waals surface area contributed by atoms with Crippen molar-refractivity contribution in [2.75, 3.05) is 5.32 Å². The van der Waals surface area contributed by atoms with Gasteiger partial charge in [-0.05, 0) is 19.1 Å². The zero-order valence-electron chi connectivity index (χ0n) is 10.9. The molecule has 4 nitrogen and oxygen atoms in total. The topological polar surface area (TPSA) is 54.9 Å². The summed E-state index contributed by atoms with van der Waals surface area (Å²) in [5.74, 6) is -0.0152. The van der Waals surface area contributed by atoms with Gasteiger partial charge in [-0.15, -0.1) is 22.7 Å². The van der Waals surface area contributed by atoms with Crippen LogP contribution in [0.4, 0.5) is 5.13 Å². The molecule has 20 heavy (non-hydrogen) atoms. The summed E-state index contributed by atoms with van der Waals surface area (Å²) in [6.07, 6.45) is 2.85. The summed E-state index contributed by atoms with van der Waals surface area (Å²) in [6, 6.07) is 8.02. The van der Waals surface area contributed by atoms with E-state index >= 15 is 0 Å². The van der Waals surface area contributed by atoms with E-state index in [0.717, 1.165) is 15.4 Å². The van der Waals surface area contributed by atoms with Gasteiger partial charge >= 0.3 is 0 Å². The lowest BCUT2D eigenvalue weighted by Crippen LogP contribution is -2.11. The van der Waals surface area contributed by atoms with Crippen molar-refractivity contribution in [1.29, 1.82) is 0 Å². The van der Waals surface area contributed by atoms with Gasteiger partial charge in [0.1, 0.15) is 0 Å². The highest BCUT2D eigenvalue weighted by Crippen LogP contribution is 2.22. The number of carbonyl (C=O) groups excluding carboxylic acids is 1. The van der Waals surface area contributed by atoms with Crippen LogP contribution in [0.3, 0.4) is 0 Å². The number of fused-ring (bicyclic) bond motifs is 1. The molecule has 0 aliphatic heterocycles. The molecule has 0 aliphatic rings. The maximum atomic E-state index is 11.8. The zero-order valence-corrected chi connectivity index (χ0v) is 12.6. The Morgan fingerprint density at radius 1 is 1.30 bits per heavy atom. The van der Waals surface area contributed by atoms with Crippen LogP contribution in [0.25, 0.3) is 10.2 Å². The second-order valence-electron chi connectivity index (χ2n) is 4.40. The molecule has 0 atom stereocenters. The van der Waals surface area contributed by atoms with Crippen molar-refractivity contribution in [2.24, 2.45) is 0 Å². The van der Waals surface area contributed by atoms with Crippen LogP contribution in [-0.2, 0) is 11.2 Å². The molecule has 0 radical (unpaired) electrons. The average Bonchev–Trinajstić information content (AvgIpc) is 3.02. The first-order valence-electron chi connectivity index (χ1n) is 6.27. The van der Waals surface area contributed by atoms with Crippen LogP contribution in [0.5, 0.6) is 0 Å². The van der Waals surface area contributed by atoms with Crippen LogP contribution in [0.1, 0.15) is 16.3 Å². The number of nitrogens with one attached hydrogen (secondary N) is 1. The number of hydrogen-bond acceptors (Lipinski definition) is 5. The number of hydrogen-bond donors (Lipinski definition) is 1. The van der Waals surface area contributed by atoms with E-state index in [9.17, 15) is 4.79 Å². The van der Waals surface area contributed by atoms with E-state index in [1.807, 2.05) is 25.1 Å². The number of aryl methyl sites for hydroxylation is 2. The standard InChI is InChI=1S/C14H13N3OS2/c1-9-8-15-14(19-9)17-12(18)6-7-13-16-10-4-2-3-5-11(10)20-13/h2-5,8H,6-7H2,1H3,(H,15,17,18). The van der Waals surface area contributed by atoms with E-state index in [0.29, 0.717) is 18.0 Å². The van der Waals surface area contributed by atoms with Crippen molar-refractivity contribution in [3.63, 3.8) is 0 Å². The fourth-order valence-corrected chi connectivity index (χ4v) is 3.49. The normalized spacial score (nSPS) is 10.8. The smallest absolute Gasteiger partial charge is 0.226 e. The fraction of sp³-hybridized carbons (Fsp3) is 0.214. The number of para-hydroxylation sites is 1. The van der Waals surface area contributed by atoms with Crippen molar-refractivity contribution in [2.45, 2.75) is 19.8 Å². The minimum Gasteiger partial charge on any atom is -0.302 e. The molecule has 0 unspecified atom stereocenters. The summed E-state index contributed by atoms with van der Waals surface area (Å²) >= 11 is 3.13. The highest BCUT2D eigenvalue weighted by Gasteiger charge is 2.08. The molecule has 0 spiro atoms. The number of amides is 1. The quantitative estimate of drug-likeness (QED) is 0.800. The molecule has 0 fully saturated rings. The lowest BCUT2D eigenvalue weighted by molar-refractivity contribution is -0.116. The molecular formula is C14H13N3OS2. The monoisotopic (exact) mass is 303 g/mol. The van der Waals surface area contributed by atoms with Gasteiger partial charge in [0.05, 0.1) is 15.2 Å². The van der Waals surface area contributed by atoms with E-state index in [1.54, 1.807) is 17.5 Å². The molecular weight excluding hydrogens is 290 g/mol.